The van der Waals surface area contributed by atoms with Crippen LogP contribution >= 0.6 is 0 Å². The third-order valence-electron chi connectivity index (χ3n) is 3.60. The number of hydrogen-bond donors (Lipinski definition) is 0. The lowest BCUT2D eigenvalue weighted by Crippen LogP contribution is -2.43. The molecule has 0 aliphatic carbocycles. The van der Waals surface area contributed by atoms with Crippen LogP contribution in [0, 0.1) is 17.2 Å². The Labute approximate surface area is 97.7 Å². The van der Waals surface area contributed by atoms with Crippen molar-refractivity contribution in [3.8, 4) is 6.07 Å². The Morgan fingerprint density at radius 1 is 1.69 bits per heavy atom. The van der Waals surface area contributed by atoms with Gasteiger partial charge in [-0.15, -0.1) is 0 Å². The zero-order chi connectivity index (χ0) is 11.8. The summed E-state index contributed by atoms with van der Waals surface area (Å²) in [5.74, 6) is 0.170. The second-order valence-electron chi connectivity index (χ2n) is 5.42. The quantitative estimate of drug-likeness (QED) is 0.682. The molecule has 0 aromatic heterocycles. The molecule has 3 heteroatoms. The van der Waals surface area contributed by atoms with E-state index in [9.17, 15) is 0 Å². The van der Waals surface area contributed by atoms with Gasteiger partial charge in [0.05, 0.1) is 24.7 Å². The number of nitrogens with zero attached hydrogens (tertiary/aromatic N) is 2. The van der Waals surface area contributed by atoms with Crippen LogP contribution in [0.15, 0.2) is 12.2 Å². The number of ether oxygens (including phenoxy) is 1. The highest BCUT2D eigenvalue weighted by atomic mass is 16.5. The molecular weight excluding hydrogens is 200 g/mol. The van der Waals surface area contributed by atoms with E-state index >= 15 is 0 Å². The van der Waals surface area contributed by atoms with Crippen molar-refractivity contribution in [2.24, 2.45) is 5.92 Å². The second-order valence-corrected chi connectivity index (χ2v) is 5.42. The Morgan fingerprint density at radius 3 is 3.06 bits per heavy atom. The molecule has 0 amide bonds. The fraction of sp³-hybridized carbons (Fsp3) is 0.769. The van der Waals surface area contributed by atoms with E-state index in [1.807, 2.05) is 0 Å². The lowest BCUT2D eigenvalue weighted by Gasteiger charge is -2.31. The molecule has 2 aliphatic heterocycles. The fourth-order valence-electron chi connectivity index (χ4n) is 2.93. The summed E-state index contributed by atoms with van der Waals surface area (Å²) in [5, 5.41) is 9.04. The van der Waals surface area contributed by atoms with Crippen molar-refractivity contribution in [1.82, 2.24) is 4.90 Å². The Kier molecular flexibility index (Phi) is 3.05. The van der Waals surface area contributed by atoms with E-state index < -0.39 is 0 Å². The van der Waals surface area contributed by atoms with Crippen molar-refractivity contribution in [2.75, 3.05) is 19.7 Å². The van der Waals surface area contributed by atoms with Crippen molar-refractivity contribution < 1.29 is 4.74 Å². The van der Waals surface area contributed by atoms with Gasteiger partial charge in [0, 0.05) is 18.6 Å². The largest absolute Gasteiger partial charge is 0.377 e. The first kappa shape index (κ1) is 11.6. The maximum Gasteiger partial charge on any atom is 0.0670 e. The summed E-state index contributed by atoms with van der Waals surface area (Å²) in [4.78, 5) is 2.39. The van der Waals surface area contributed by atoms with Crippen molar-refractivity contribution in [2.45, 2.75) is 38.3 Å². The third-order valence-corrected chi connectivity index (χ3v) is 3.60. The van der Waals surface area contributed by atoms with E-state index in [4.69, 9.17) is 10.00 Å². The molecule has 2 heterocycles. The van der Waals surface area contributed by atoms with E-state index in [1.165, 1.54) is 5.57 Å². The van der Waals surface area contributed by atoms with Crippen LogP contribution in [0.25, 0.3) is 0 Å². The zero-order valence-electron chi connectivity index (χ0n) is 10.2. The highest BCUT2D eigenvalue weighted by Gasteiger charge is 2.49. The highest BCUT2D eigenvalue weighted by molar-refractivity contribution is 5.20. The average molecular weight is 220 g/mol. The topological polar surface area (TPSA) is 36.3 Å². The molecule has 0 radical (unpaired) electrons. The van der Waals surface area contributed by atoms with Gasteiger partial charge in [0.25, 0.3) is 0 Å². The summed E-state index contributed by atoms with van der Waals surface area (Å²) in [6.07, 6.45) is 2.19. The SMILES string of the molecule is C=C1CN2C[C@@H](C#N)C[C@@]2(COC(C)C)C1. The van der Waals surface area contributed by atoms with Gasteiger partial charge >= 0.3 is 0 Å². The molecule has 16 heavy (non-hydrogen) atoms. The molecule has 2 saturated heterocycles. The van der Waals surface area contributed by atoms with Gasteiger partial charge in [-0.05, 0) is 26.7 Å². The first-order valence-corrected chi connectivity index (χ1v) is 5.99. The number of hydrogen-bond acceptors (Lipinski definition) is 3. The van der Waals surface area contributed by atoms with Crippen LogP contribution in [-0.2, 0) is 4.74 Å². The van der Waals surface area contributed by atoms with E-state index in [1.54, 1.807) is 0 Å². The predicted octanol–water partition coefficient (Wildman–Crippen LogP) is 1.96. The number of fused-ring (bicyclic) bond motifs is 1. The van der Waals surface area contributed by atoms with Gasteiger partial charge in [0.2, 0.25) is 0 Å². The van der Waals surface area contributed by atoms with Crippen molar-refractivity contribution in [1.29, 1.82) is 5.26 Å². The molecule has 2 fully saturated rings. The van der Waals surface area contributed by atoms with Gasteiger partial charge in [-0.25, -0.2) is 0 Å². The Bertz CT molecular complexity index is 331. The van der Waals surface area contributed by atoms with Crippen LogP contribution in [0.1, 0.15) is 26.7 Å². The molecule has 0 unspecified atom stereocenters. The normalized spacial score (nSPS) is 34.4. The van der Waals surface area contributed by atoms with Crippen LogP contribution < -0.4 is 0 Å². The van der Waals surface area contributed by atoms with Crippen LogP contribution in [0.2, 0.25) is 0 Å². The molecule has 2 atom stereocenters. The van der Waals surface area contributed by atoms with Crippen LogP contribution in [0.3, 0.4) is 0 Å². The Balaban J connectivity index is 2.08. The van der Waals surface area contributed by atoms with E-state index in [-0.39, 0.29) is 17.6 Å². The van der Waals surface area contributed by atoms with Crippen LogP contribution in [0.4, 0.5) is 0 Å². The first-order valence-electron chi connectivity index (χ1n) is 5.99. The number of nitriles is 1. The molecule has 3 nitrogen and oxygen atoms in total. The lowest BCUT2D eigenvalue weighted by atomic mass is 9.90. The van der Waals surface area contributed by atoms with E-state index in [2.05, 4.69) is 31.4 Å². The average Bonchev–Trinajstić information content (AvgIpc) is 2.67. The monoisotopic (exact) mass is 220 g/mol. The summed E-state index contributed by atoms with van der Waals surface area (Å²) >= 11 is 0. The van der Waals surface area contributed by atoms with Crippen molar-refractivity contribution in [3.05, 3.63) is 12.2 Å². The zero-order valence-corrected chi connectivity index (χ0v) is 10.2. The van der Waals surface area contributed by atoms with Crippen molar-refractivity contribution >= 4 is 0 Å². The summed E-state index contributed by atoms with van der Waals surface area (Å²) < 4.78 is 5.78. The lowest BCUT2D eigenvalue weighted by molar-refractivity contribution is 0.00316. The maximum atomic E-state index is 9.04. The molecule has 0 N–H and O–H groups in total. The molecule has 0 spiro atoms. The molecule has 2 aliphatic rings. The molecular formula is C13H20N2O. The molecule has 2 rings (SSSR count). The summed E-state index contributed by atoms with van der Waals surface area (Å²) in [7, 11) is 0. The number of rotatable bonds is 3. The second kappa shape index (κ2) is 4.20. The Morgan fingerprint density at radius 2 is 2.44 bits per heavy atom. The molecule has 0 saturated carbocycles. The van der Waals surface area contributed by atoms with Crippen molar-refractivity contribution in [3.63, 3.8) is 0 Å². The van der Waals surface area contributed by atoms with Gasteiger partial charge in [-0.1, -0.05) is 12.2 Å². The van der Waals surface area contributed by atoms with E-state index in [0.717, 1.165) is 32.5 Å². The first-order chi connectivity index (χ1) is 7.55. The predicted molar refractivity (Wildman–Crippen MR) is 62.9 cm³/mol. The maximum absolute atomic E-state index is 9.04. The van der Waals surface area contributed by atoms with Crippen LogP contribution in [-0.4, -0.2) is 36.2 Å². The minimum atomic E-state index is 0.0712. The molecule has 0 bridgehead atoms. The third kappa shape index (κ3) is 2.00. The molecule has 0 aromatic rings. The van der Waals surface area contributed by atoms with E-state index in [0.29, 0.717) is 0 Å². The highest BCUT2D eigenvalue weighted by Crippen LogP contribution is 2.43. The van der Waals surface area contributed by atoms with Gasteiger partial charge in [0.1, 0.15) is 0 Å². The Hall–Kier alpha value is -0.850. The molecule has 88 valence electrons. The minimum absolute atomic E-state index is 0.0712. The minimum Gasteiger partial charge on any atom is -0.377 e. The van der Waals surface area contributed by atoms with Gasteiger partial charge in [-0.2, -0.15) is 5.26 Å². The van der Waals surface area contributed by atoms with Gasteiger partial charge in [-0.3, -0.25) is 4.90 Å². The fourth-order valence-corrected chi connectivity index (χ4v) is 2.93. The summed E-state index contributed by atoms with van der Waals surface area (Å²) in [6.45, 7) is 10.8. The van der Waals surface area contributed by atoms with Gasteiger partial charge in [0.15, 0.2) is 0 Å². The smallest absolute Gasteiger partial charge is 0.0670 e. The molecule has 0 aromatic carbocycles. The summed E-state index contributed by atoms with van der Waals surface area (Å²) in [6, 6.07) is 2.39. The van der Waals surface area contributed by atoms with Gasteiger partial charge < -0.3 is 4.74 Å². The van der Waals surface area contributed by atoms with Crippen LogP contribution in [0.5, 0.6) is 0 Å². The standard InChI is InChI=1S/C13H20N2O/c1-10(2)16-9-13-4-11(3)7-15(13)8-12(5-13)6-14/h10,12H,3-5,7-9H2,1-2H3/t12-,13-/m1/s1. The summed E-state index contributed by atoms with van der Waals surface area (Å²) in [5.41, 5.74) is 1.35.